The number of carbonyl (C=O) groups is 1. The number of nitrogens with two attached hydrogens (primary N) is 1. The van der Waals surface area contributed by atoms with Gasteiger partial charge in [-0.15, -0.1) is 0 Å². The van der Waals surface area contributed by atoms with Crippen LogP contribution in [0.1, 0.15) is 41.0 Å². The maximum atomic E-state index is 11.8. The van der Waals surface area contributed by atoms with Crippen molar-refractivity contribution in [1.82, 2.24) is 4.90 Å². The summed E-state index contributed by atoms with van der Waals surface area (Å²) in [5.41, 5.74) is 5.76. The molecule has 5 heteroatoms. The van der Waals surface area contributed by atoms with Crippen LogP contribution in [0.2, 0.25) is 0 Å². The summed E-state index contributed by atoms with van der Waals surface area (Å²) in [4.78, 5) is 22.6. The highest BCUT2D eigenvalue weighted by Crippen LogP contribution is 2.03. The van der Waals surface area contributed by atoms with Gasteiger partial charge in [-0.3, -0.25) is 4.79 Å². The van der Waals surface area contributed by atoms with Crippen molar-refractivity contribution in [1.29, 1.82) is 0 Å². The van der Waals surface area contributed by atoms with Crippen molar-refractivity contribution in [3.05, 3.63) is 11.8 Å². The van der Waals surface area contributed by atoms with Crippen LogP contribution in [0.4, 0.5) is 0 Å². The molecule has 0 heterocycles. The monoisotopic (exact) mass is 274 g/mol. The molecule has 0 rings (SSSR count). The van der Waals surface area contributed by atoms with Crippen molar-refractivity contribution in [2.75, 3.05) is 20.7 Å². The molecule has 114 valence electrons. The van der Waals surface area contributed by atoms with Gasteiger partial charge in [0.05, 0.1) is 13.2 Å². The molecule has 0 saturated carbocycles. The number of rotatable bonds is 6. The van der Waals surface area contributed by atoms with E-state index in [0.717, 1.165) is 0 Å². The first-order valence-electron chi connectivity index (χ1n) is 6.69. The first-order chi connectivity index (χ1) is 8.81. The van der Waals surface area contributed by atoms with E-state index in [2.05, 4.69) is 18.7 Å². The second-order valence-corrected chi connectivity index (χ2v) is 4.76. The van der Waals surface area contributed by atoms with Crippen LogP contribution in [-0.2, 0) is 14.6 Å². The second-order valence-electron chi connectivity index (χ2n) is 4.76. The molecule has 0 aromatic heterocycles. The summed E-state index contributed by atoms with van der Waals surface area (Å²) in [5.74, 6) is 0.673. The van der Waals surface area contributed by atoms with Gasteiger partial charge in [-0.25, -0.2) is 0 Å². The summed E-state index contributed by atoms with van der Waals surface area (Å²) in [6.45, 7) is 10.3. The Labute approximate surface area is 117 Å². The first-order valence-corrected chi connectivity index (χ1v) is 6.69. The highest BCUT2D eigenvalue weighted by atomic mass is 17.2. The van der Waals surface area contributed by atoms with Gasteiger partial charge < -0.3 is 15.5 Å². The van der Waals surface area contributed by atoms with Crippen LogP contribution >= 0.6 is 0 Å². The van der Waals surface area contributed by atoms with Gasteiger partial charge in [-0.1, -0.05) is 34.1 Å². The molecular weight excluding hydrogens is 244 g/mol. The molecule has 5 nitrogen and oxygen atoms in total. The van der Waals surface area contributed by atoms with Crippen LogP contribution in [0.3, 0.4) is 0 Å². The van der Waals surface area contributed by atoms with E-state index in [0.29, 0.717) is 12.3 Å². The highest BCUT2D eigenvalue weighted by molar-refractivity contribution is 5.81. The number of hydrogen-bond acceptors (Lipinski definition) is 4. The summed E-state index contributed by atoms with van der Waals surface area (Å²) in [5, 5.41) is 0. The van der Waals surface area contributed by atoms with Gasteiger partial charge >= 0.3 is 0 Å². The van der Waals surface area contributed by atoms with E-state index in [1.807, 2.05) is 13.8 Å². The fourth-order valence-corrected chi connectivity index (χ4v) is 1.06. The topological polar surface area (TPSA) is 64.8 Å². The minimum atomic E-state index is -0.456. The van der Waals surface area contributed by atoms with Gasteiger partial charge in [-0.2, -0.15) is 4.89 Å². The Kier molecular flexibility index (Phi) is 12.8. The maximum absolute atomic E-state index is 11.8. The zero-order valence-corrected chi connectivity index (χ0v) is 13.4. The smallest absolute Gasteiger partial charge is 0.239 e. The molecule has 0 saturated heterocycles. The van der Waals surface area contributed by atoms with Gasteiger partial charge in [0.2, 0.25) is 5.91 Å². The molecule has 2 N–H and O–H groups in total. The Hall–Kier alpha value is -1.07. The molecule has 0 aromatic rings. The van der Waals surface area contributed by atoms with Crippen LogP contribution in [0, 0.1) is 5.92 Å². The molecule has 0 aliphatic heterocycles. The summed E-state index contributed by atoms with van der Waals surface area (Å²) < 4.78 is 0. The van der Waals surface area contributed by atoms with E-state index < -0.39 is 6.04 Å². The lowest BCUT2D eigenvalue weighted by atomic mass is 10.0. The Morgan fingerprint density at radius 2 is 1.84 bits per heavy atom. The predicted molar refractivity (Wildman–Crippen MR) is 78.3 cm³/mol. The highest BCUT2D eigenvalue weighted by Gasteiger charge is 2.20. The Morgan fingerprint density at radius 1 is 1.37 bits per heavy atom. The molecule has 0 aliphatic rings. The number of likely N-dealkylation sites (N-methyl/N-ethyl adjacent to an activating group) is 1. The van der Waals surface area contributed by atoms with Gasteiger partial charge in [-0.05, 0) is 18.9 Å². The Bertz CT molecular complexity index is 265. The third-order valence-electron chi connectivity index (χ3n) is 2.25. The fourth-order valence-electron chi connectivity index (χ4n) is 1.06. The lowest BCUT2D eigenvalue weighted by molar-refractivity contribution is -0.236. The van der Waals surface area contributed by atoms with E-state index in [1.54, 1.807) is 24.9 Å². The lowest BCUT2D eigenvalue weighted by Gasteiger charge is -2.22. The average Bonchev–Trinajstić information content (AvgIpc) is 2.35. The molecule has 0 fully saturated rings. The summed E-state index contributed by atoms with van der Waals surface area (Å²) in [6, 6.07) is -0.456. The quantitative estimate of drug-likeness (QED) is 0.458. The van der Waals surface area contributed by atoms with E-state index >= 15 is 0 Å². The first kappa shape index (κ1) is 20.3. The van der Waals surface area contributed by atoms with E-state index in [-0.39, 0.29) is 11.8 Å². The lowest BCUT2D eigenvalue weighted by Crippen LogP contribution is -2.44. The number of amides is 1. The molecule has 0 radical (unpaired) electrons. The number of hydrogen-bond donors (Lipinski definition) is 1. The fraction of sp³-hybridized carbons (Fsp3) is 0.786. The van der Waals surface area contributed by atoms with E-state index in [4.69, 9.17) is 10.6 Å². The van der Waals surface area contributed by atoms with Crippen molar-refractivity contribution < 1.29 is 14.6 Å². The van der Waals surface area contributed by atoms with Crippen molar-refractivity contribution in [3.63, 3.8) is 0 Å². The molecule has 1 unspecified atom stereocenters. The van der Waals surface area contributed by atoms with Crippen molar-refractivity contribution >= 4 is 5.91 Å². The predicted octanol–water partition coefficient (Wildman–Crippen LogP) is 2.33. The molecule has 19 heavy (non-hydrogen) atoms. The summed E-state index contributed by atoms with van der Waals surface area (Å²) in [7, 11) is 3.14. The zero-order chi connectivity index (χ0) is 15.4. The second kappa shape index (κ2) is 12.0. The number of allylic oxidation sites excluding steroid dienone is 1. The molecule has 0 spiro atoms. The van der Waals surface area contributed by atoms with Gasteiger partial charge in [0.25, 0.3) is 0 Å². The minimum absolute atomic E-state index is 0.0727. The third-order valence-corrected chi connectivity index (χ3v) is 2.25. The standard InChI is InChI=1S/C11H22N2O3.C3H8/c1-8(2)10(12)11(14)13(4)7-6-9(3)16-15-5;1-3-2/h6,8,10H,7,12H2,1-5H3;3H2,1-2H3/b9-6+;. The van der Waals surface area contributed by atoms with Crippen LogP contribution in [0.15, 0.2) is 11.8 Å². The molecule has 0 bridgehead atoms. The van der Waals surface area contributed by atoms with Crippen molar-refractivity contribution in [2.45, 2.75) is 47.1 Å². The van der Waals surface area contributed by atoms with Crippen LogP contribution < -0.4 is 5.73 Å². The third kappa shape index (κ3) is 10.5. The SMILES string of the molecule is CCC.COO/C(C)=C/CN(C)C(=O)C(N)C(C)C. The number of carbonyl (C=O) groups excluding carboxylic acids is 1. The molecule has 0 aromatic carbocycles. The van der Waals surface area contributed by atoms with Gasteiger partial charge in [0, 0.05) is 13.6 Å². The molecule has 1 atom stereocenters. The summed E-state index contributed by atoms with van der Waals surface area (Å²) >= 11 is 0. The zero-order valence-electron chi connectivity index (χ0n) is 13.4. The van der Waals surface area contributed by atoms with Crippen LogP contribution in [-0.4, -0.2) is 37.6 Å². The van der Waals surface area contributed by atoms with Crippen molar-refractivity contribution in [3.8, 4) is 0 Å². The number of nitrogens with zero attached hydrogens (tertiary/aromatic N) is 1. The van der Waals surface area contributed by atoms with E-state index in [1.165, 1.54) is 13.5 Å². The molecule has 1 amide bonds. The van der Waals surface area contributed by atoms with Crippen LogP contribution in [0.25, 0.3) is 0 Å². The van der Waals surface area contributed by atoms with E-state index in [9.17, 15) is 4.79 Å². The average molecular weight is 274 g/mol. The Morgan fingerprint density at radius 3 is 2.21 bits per heavy atom. The normalized spacial score (nSPS) is 12.6. The molecular formula is C14H30N2O3. The largest absolute Gasteiger partial charge is 0.343 e. The van der Waals surface area contributed by atoms with Gasteiger partial charge in [0.15, 0.2) is 0 Å². The summed E-state index contributed by atoms with van der Waals surface area (Å²) in [6.07, 6.45) is 3.01. The maximum Gasteiger partial charge on any atom is 0.239 e. The van der Waals surface area contributed by atoms with Gasteiger partial charge in [0.1, 0.15) is 5.76 Å². The van der Waals surface area contributed by atoms with Crippen LogP contribution in [0.5, 0.6) is 0 Å². The Balaban J connectivity index is 0. The minimum Gasteiger partial charge on any atom is -0.343 e. The van der Waals surface area contributed by atoms with Crippen molar-refractivity contribution in [2.24, 2.45) is 11.7 Å². The molecule has 0 aliphatic carbocycles.